The Labute approximate surface area is 110 Å². The third kappa shape index (κ3) is 3.28. The summed E-state index contributed by atoms with van der Waals surface area (Å²) < 4.78 is 10.7. The van der Waals surface area contributed by atoms with Crippen molar-refractivity contribution in [2.45, 2.75) is 6.61 Å². The maximum atomic E-state index is 5.82. The van der Waals surface area contributed by atoms with Crippen molar-refractivity contribution >= 4 is 17.3 Å². The fraction of sp³-hybridized carbons (Fsp3) is 0.154. The van der Waals surface area contributed by atoms with Crippen molar-refractivity contribution in [1.29, 1.82) is 0 Å². The number of ether oxygens (including phenoxy) is 2. The number of anilines is 1. The Hall–Kier alpha value is -1.94. The molecule has 0 spiro atoms. The summed E-state index contributed by atoms with van der Waals surface area (Å²) in [5.41, 5.74) is 7.32. The quantitative estimate of drug-likeness (QED) is 0.863. The number of benzene rings is 1. The van der Waals surface area contributed by atoms with Gasteiger partial charge >= 0.3 is 0 Å². The molecule has 1 aromatic carbocycles. The maximum absolute atomic E-state index is 5.82. The number of rotatable bonds is 4. The second kappa shape index (κ2) is 5.60. The van der Waals surface area contributed by atoms with E-state index in [9.17, 15) is 0 Å². The topological polar surface area (TPSA) is 57.4 Å². The number of aromatic nitrogens is 1. The third-order valence-electron chi connectivity index (χ3n) is 2.31. The summed E-state index contributed by atoms with van der Waals surface area (Å²) in [6.07, 6.45) is 3.16. The van der Waals surface area contributed by atoms with Gasteiger partial charge in [-0.1, -0.05) is 11.6 Å². The molecular formula is C13H13ClN2O2. The first-order chi connectivity index (χ1) is 8.67. The lowest BCUT2D eigenvalue weighted by molar-refractivity contribution is 0.304. The molecule has 94 valence electrons. The summed E-state index contributed by atoms with van der Waals surface area (Å²) in [4.78, 5) is 3.94. The zero-order valence-corrected chi connectivity index (χ0v) is 10.6. The summed E-state index contributed by atoms with van der Waals surface area (Å²) in [5.74, 6) is 1.32. The lowest BCUT2D eigenvalue weighted by Crippen LogP contribution is -1.98. The van der Waals surface area contributed by atoms with E-state index >= 15 is 0 Å². The molecule has 5 heteroatoms. The molecule has 0 amide bonds. The van der Waals surface area contributed by atoms with Gasteiger partial charge in [-0.2, -0.15) is 0 Å². The fourth-order valence-electron chi connectivity index (χ4n) is 1.53. The van der Waals surface area contributed by atoms with Gasteiger partial charge in [0, 0.05) is 24.0 Å². The predicted octanol–water partition coefficient (Wildman–Crippen LogP) is 2.90. The molecule has 0 fully saturated rings. The fourth-order valence-corrected chi connectivity index (χ4v) is 1.69. The van der Waals surface area contributed by atoms with Crippen molar-refractivity contribution in [3.8, 4) is 11.5 Å². The molecule has 0 aliphatic carbocycles. The molecule has 2 N–H and O–H groups in total. The molecule has 0 bridgehead atoms. The minimum absolute atomic E-state index is 0.378. The van der Waals surface area contributed by atoms with E-state index in [4.69, 9.17) is 26.8 Å². The highest BCUT2D eigenvalue weighted by Crippen LogP contribution is 2.21. The molecule has 0 aliphatic rings. The van der Waals surface area contributed by atoms with Crippen LogP contribution in [0.2, 0.25) is 5.02 Å². The number of pyridine rings is 1. The smallest absolute Gasteiger partial charge is 0.139 e. The number of methoxy groups -OCH3 is 1. The number of nitrogen functional groups attached to an aromatic ring is 1. The third-order valence-corrected chi connectivity index (χ3v) is 2.52. The van der Waals surface area contributed by atoms with Crippen LogP contribution in [0, 0.1) is 0 Å². The molecule has 0 saturated heterocycles. The Bertz CT molecular complexity index is 546. The highest BCUT2D eigenvalue weighted by Gasteiger charge is 2.01. The Kier molecular flexibility index (Phi) is 3.89. The van der Waals surface area contributed by atoms with E-state index in [1.807, 2.05) is 12.1 Å². The standard InChI is InChI=1S/C13H13ClN2O2/c1-17-12-3-9(2-11(15)5-12)8-18-13-4-10(14)6-16-7-13/h2-7H,8,15H2,1H3. The first-order valence-electron chi connectivity index (χ1n) is 5.34. The van der Waals surface area contributed by atoms with Gasteiger partial charge in [0.15, 0.2) is 0 Å². The number of halogens is 1. The normalized spacial score (nSPS) is 10.1. The molecule has 2 aromatic rings. The summed E-state index contributed by atoms with van der Waals surface area (Å²) in [6.45, 7) is 0.378. The van der Waals surface area contributed by atoms with Gasteiger partial charge in [0.2, 0.25) is 0 Å². The summed E-state index contributed by atoms with van der Waals surface area (Å²) in [7, 11) is 1.60. The van der Waals surface area contributed by atoms with Crippen molar-refractivity contribution in [3.05, 3.63) is 47.2 Å². The molecule has 1 heterocycles. The van der Waals surface area contributed by atoms with E-state index in [0.717, 1.165) is 5.56 Å². The molecule has 18 heavy (non-hydrogen) atoms. The van der Waals surface area contributed by atoms with Gasteiger partial charge in [-0.25, -0.2) is 0 Å². The van der Waals surface area contributed by atoms with E-state index in [0.29, 0.717) is 28.8 Å². The monoisotopic (exact) mass is 264 g/mol. The minimum atomic E-state index is 0.378. The van der Waals surface area contributed by atoms with Gasteiger partial charge < -0.3 is 15.2 Å². The first-order valence-corrected chi connectivity index (χ1v) is 5.72. The van der Waals surface area contributed by atoms with Crippen molar-refractivity contribution in [3.63, 3.8) is 0 Å². The Morgan fingerprint density at radius 2 is 2.00 bits per heavy atom. The van der Waals surface area contributed by atoms with Crippen molar-refractivity contribution < 1.29 is 9.47 Å². The van der Waals surface area contributed by atoms with Crippen LogP contribution in [0.3, 0.4) is 0 Å². The molecule has 2 rings (SSSR count). The molecular weight excluding hydrogens is 252 g/mol. The minimum Gasteiger partial charge on any atom is -0.497 e. The number of hydrogen-bond donors (Lipinski definition) is 1. The van der Waals surface area contributed by atoms with Crippen LogP contribution in [0.25, 0.3) is 0 Å². The number of nitrogens with zero attached hydrogens (tertiary/aromatic N) is 1. The van der Waals surface area contributed by atoms with E-state index in [1.165, 1.54) is 0 Å². The molecule has 0 atom stereocenters. The average Bonchev–Trinajstić information content (AvgIpc) is 2.36. The van der Waals surface area contributed by atoms with Crippen LogP contribution in [0.5, 0.6) is 11.5 Å². The zero-order chi connectivity index (χ0) is 13.0. The van der Waals surface area contributed by atoms with Gasteiger partial charge in [-0.3, -0.25) is 4.98 Å². The average molecular weight is 265 g/mol. The van der Waals surface area contributed by atoms with E-state index in [2.05, 4.69) is 4.98 Å². The maximum Gasteiger partial charge on any atom is 0.139 e. The Morgan fingerprint density at radius 3 is 2.72 bits per heavy atom. The molecule has 4 nitrogen and oxygen atoms in total. The van der Waals surface area contributed by atoms with Crippen LogP contribution in [-0.4, -0.2) is 12.1 Å². The SMILES string of the molecule is COc1cc(N)cc(COc2cncc(Cl)c2)c1. The van der Waals surface area contributed by atoms with Gasteiger partial charge in [0.1, 0.15) is 18.1 Å². The van der Waals surface area contributed by atoms with E-state index < -0.39 is 0 Å². The summed E-state index contributed by atoms with van der Waals surface area (Å²) in [5, 5.41) is 0.539. The van der Waals surface area contributed by atoms with Gasteiger partial charge in [-0.15, -0.1) is 0 Å². The van der Waals surface area contributed by atoms with E-state index in [1.54, 1.807) is 31.6 Å². The highest BCUT2D eigenvalue weighted by atomic mass is 35.5. The zero-order valence-electron chi connectivity index (χ0n) is 9.89. The van der Waals surface area contributed by atoms with Gasteiger partial charge in [-0.05, 0) is 17.7 Å². The lowest BCUT2D eigenvalue weighted by Gasteiger charge is -2.08. The number of hydrogen-bond acceptors (Lipinski definition) is 4. The molecule has 0 radical (unpaired) electrons. The van der Waals surface area contributed by atoms with Crippen LogP contribution in [-0.2, 0) is 6.61 Å². The van der Waals surface area contributed by atoms with Crippen molar-refractivity contribution in [2.24, 2.45) is 0 Å². The molecule has 0 unspecified atom stereocenters. The van der Waals surface area contributed by atoms with Crippen LogP contribution in [0.1, 0.15) is 5.56 Å². The molecule has 1 aromatic heterocycles. The predicted molar refractivity (Wildman–Crippen MR) is 71.0 cm³/mol. The van der Waals surface area contributed by atoms with E-state index in [-0.39, 0.29) is 0 Å². The van der Waals surface area contributed by atoms with Crippen LogP contribution >= 0.6 is 11.6 Å². The Morgan fingerprint density at radius 1 is 1.17 bits per heavy atom. The Balaban J connectivity index is 2.08. The van der Waals surface area contributed by atoms with Crippen molar-refractivity contribution in [2.75, 3.05) is 12.8 Å². The number of nitrogens with two attached hydrogens (primary N) is 1. The highest BCUT2D eigenvalue weighted by molar-refractivity contribution is 6.30. The van der Waals surface area contributed by atoms with Crippen molar-refractivity contribution in [1.82, 2.24) is 4.98 Å². The summed E-state index contributed by atoms with van der Waals surface area (Å²) in [6, 6.07) is 7.16. The molecule has 0 saturated carbocycles. The lowest BCUT2D eigenvalue weighted by atomic mass is 10.2. The van der Waals surface area contributed by atoms with Crippen LogP contribution in [0.15, 0.2) is 36.7 Å². The first kappa shape index (κ1) is 12.5. The second-order valence-electron chi connectivity index (χ2n) is 3.74. The summed E-state index contributed by atoms with van der Waals surface area (Å²) >= 11 is 5.82. The van der Waals surface area contributed by atoms with Crippen LogP contribution in [0.4, 0.5) is 5.69 Å². The molecule has 0 aliphatic heterocycles. The largest absolute Gasteiger partial charge is 0.497 e. The van der Waals surface area contributed by atoms with Crippen LogP contribution < -0.4 is 15.2 Å². The second-order valence-corrected chi connectivity index (χ2v) is 4.18. The van der Waals surface area contributed by atoms with Gasteiger partial charge in [0.05, 0.1) is 18.3 Å². The van der Waals surface area contributed by atoms with Gasteiger partial charge in [0.25, 0.3) is 0 Å².